The minimum absolute atomic E-state index is 0.0150. The number of esters is 1. The maximum Gasteiger partial charge on any atom is 0.411 e. The number of carboxylic acids is 1. The summed E-state index contributed by atoms with van der Waals surface area (Å²) < 4.78 is 10.5. The fourth-order valence-corrected chi connectivity index (χ4v) is 3.85. The molecule has 9 heteroatoms. The second kappa shape index (κ2) is 13.0. The topological polar surface area (TPSA) is 131 Å². The fraction of sp³-hybridized carbons (Fsp3) is 0.333. The van der Waals surface area contributed by atoms with E-state index in [1.807, 2.05) is 24.3 Å². The molecule has 3 rings (SSSR count). The van der Waals surface area contributed by atoms with Gasteiger partial charge in [0.1, 0.15) is 6.10 Å². The third kappa shape index (κ3) is 7.92. The predicted octanol–water partition coefficient (Wildman–Crippen LogP) is 4.78. The van der Waals surface area contributed by atoms with Gasteiger partial charge in [-0.05, 0) is 61.6 Å². The van der Waals surface area contributed by atoms with Gasteiger partial charge in [0.25, 0.3) is 0 Å². The molecule has 0 aromatic heterocycles. The van der Waals surface area contributed by atoms with Crippen LogP contribution in [0.4, 0.5) is 16.2 Å². The van der Waals surface area contributed by atoms with E-state index >= 15 is 0 Å². The van der Waals surface area contributed by atoms with Crippen LogP contribution in [0, 0.1) is 11.8 Å². The lowest BCUT2D eigenvalue weighted by molar-refractivity contribution is -0.156. The van der Waals surface area contributed by atoms with Crippen molar-refractivity contribution >= 4 is 35.5 Å². The van der Waals surface area contributed by atoms with Crippen molar-refractivity contribution < 1.29 is 33.8 Å². The van der Waals surface area contributed by atoms with Crippen LogP contribution in [0.5, 0.6) is 0 Å². The molecule has 1 aliphatic carbocycles. The fourth-order valence-electron chi connectivity index (χ4n) is 3.85. The number of carbonyl (C=O) groups excluding carboxylic acids is 3. The molecule has 0 radical (unpaired) electrons. The molecule has 36 heavy (non-hydrogen) atoms. The van der Waals surface area contributed by atoms with Gasteiger partial charge in [0.15, 0.2) is 0 Å². The normalized spacial score (nSPS) is 17.4. The van der Waals surface area contributed by atoms with Crippen molar-refractivity contribution in [3.63, 3.8) is 0 Å². The van der Waals surface area contributed by atoms with Gasteiger partial charge in [-0.2, -0.15) is 4.99 Å². The van der Waals surface area contributed by atoms with Crippen LogP contribution in [0.25, 0.3) is 0 Å². The van der Waals surface area contributed by atoms with Crippen molar-refractivity contribution in [1.82, 2.24) is 0 Å². The summed E-state index contributed by atoms with van der Waals surface area (Å²) in [7, 11) is 0. The second-order valence-electron chi connectivity index (χ2n) is 8.52. The molecule has 1 amide bonds. The molecule has 2 aromatic rings. The number of nitrogens with zero attached hydrogens (tertiary/aromatic N) is 1. The molecule has 0 heterocycles. The van der Waals surface area contributed by atoms with Gasteiger partial charge in [0.2, 0.25) is 6.08 Å². The Morgan fingerprint density at radius 3 is 2.42 bits per heavy atom. The van der Waals surface area contributed by atoms with Crippen LogP contribution in [0.3, 0.4) is 0 Å². The molecule has 9 nitrogen and oxygen atoms in total. The lowest BCUT2D eigenvalue weighted by Crippen LogP contribution is -2.32. The van der Waals surface area contributed by atoms with Crippen LogP contribution in [0.1, 0.15) is 37.3 Å². The van der Waals surface area contributed by atoms with Gasteiger partial charge in [-0.15, -0.1) is 0 Å². The van der Waals surface area contributed by atoms with E-state index in [1.54, 1.807) is 43.3 Å². The Balaban J connectivity index is 1.40. The Bertz CT molecular complexity index is 1140. The summed E-state index contributed by atoms with van der Waals surface area (Å²) in [6, 6.07) is 14.6. The molecule has 0 saturated heterocycles. The number of aliphatic carboxylic acids is 1. The number of benzene rings is 2. The molecule has 3 atom stereocenters. The highest BCUT2D eigenvalue weighted by molar-refractivity contribution is 5.84. The van der Waals surface area contributed by atoms with Gasteiger partial charge in [-0.1, -0.05) is 36.4 Å². The van der Waals surface area contributed by atoms with E-state index < -0.39 is 36.0 Å². The van der Waals surface area contributed by atoms with Gasteiger partial charge in [-0.3, -0.25) is 14.9 Å². The minimum Gasteiger partial charge on any atom is -0.481 e. The summed E-state index contributed by atoms with van der Waals surface area (Å²) in [5.41, 5.74) is 3.20. The lowest BCUT2D eigenvalue weighted by atomic mass is 9.84. The molecule has 2 aromatic carbocycles. The highest BCUT2D eigenvalue weighted by Crippen LogP contribution is 2.26. The monoisotopic (exact) mass is 492 g/mol. The molecule has 0 spiro atoms. The van der Waals surface area contributed by atoms with Crippen LogP contribution in [-0.2, 0) is 30.3 Å². The number of hydrogen-bond donors (Lipinski definition) is 2. The maximum absolute atomic E-state index is 12.3. The zero-order valence-corrected chi connectivity index (χ0v) is 19.9. The van der Waals surface area contributed by atoms with Gasteiger partial charge >= 0.3 is 18.0 Å². The average molecular weight is 493 g/mol. The Labute approximate surface area is 208 Å². The van der Waals surface area contributed by atoms with E-state index in [4.69, 9.17) is 9.47 Å². The molecule has 0 aliphatic heterocycles. The number of carbonyl (C=O) groups is 3. The van der Waals surface area contributed by atoms with Crippen molar-refractivity contribution in [2.45, 2.75) is 38.7 Å². The van der Waals surface area contributed by atoms with Crippen LogP contribution >= 0.6 is 0 Å². The summed E-state index contributed by atoms with van der Waals surface area (Å²) >= 11 is 0. The van der Waals surface area contributed by atoms with Crippen LogP contribution < -0.4 is 5.32 Å². The first-order chi connectivity index (χ1) is 17.4. The van der Waals surface area contributed by atoms with Gasteiger partial charge in [0, 0.05) is 12.1 Å². The molecule has 2 N–H and O–H groups in total. The van der Waals surface area contributed by atoms with Gasteiger partial charge in [0.05, 0.1) is 24.1 Å². The molecule has 188 valence electrons. The second-order valence-corrected chi connectivity index (χ2v) is 8.52. The van der Waals surface area contributed by atoms with Gasteiger partial charge in [-0.25, -0.2) is 9.59 Å². The number of isocyanates is 1. The van der Waals surface area contributed by atoms with E-state index in [2.05, 4.69) is 10.3 Å². The summed E-state index contributed by atoms with van der Waals surface area (Å²) in [6.45, 7) is 1.70. The molecular formula is C27H28N2O7. The first-order valence-corrected chi connectivity index (χ1v) is 11.6. The lowest BCUT2D eigenvalue weighted by Gasteiger charge is -2.22. The summed E-state index contributed by atoms with van der Waals surface area (Å²) in [4.78, 5) is 49.7. The number of nitrogens with one attached hydrogen (secondary N) is 1. The number of aliphatic imine (C=N–C) groups is 1. The first-order valence-electron chi connectivity index (χ1n) is 11.6. The standard InChI is InChI=1S/C27H28N2O7/c1-18(14-15-35-26(33)24-5-3-2-4-23(24)25(31)32)36-27(34)29-22-12-8-20(9-13-22)16-19-6-10-21(11-7-19)28-17-30/h3,5-13,18,23-24H,2,4,14-16H2,1H3,(H,29,34)(H,31,32). The van der Waals surface area contributed by atoms with E-state index in [0.717, 1.165) is 11.1 Å². The summed E-state index contributed by atoms with van der Waals surface area (Å²) in [6.07, 6.45) is 5.72. The number of rotatable bonds is 10. The third-order valence-electron chi connectivity index (χ3n) is 5.81. The van der Waals surface area contributed by atoms with Crippen LogP contribution in [0.15, 0.2) is 65.7 Å². The number of hydrogen-bond acceptors (Lipinski definition) is 7. The quantitative estimate of drug-likeness (QED) is 0.211. The highest BCUT2D eigenvalue weighted by Gasteiger charge is 2.34. The zero-order valence-electron chi connectivity index (χ0n) is 19.9. The van der Waals surface area contributed by atoms with Crippen LogP contribution in [-0.4, -0.2) is 41.9 Å². The Kier molecular flexibility index (Phi) is 9.54. The van der Waals surface area contributed by atoms with Crippen molar-refractivity contribution in [2.24, 2.45) is 16.8 Å². The smallest absolute Gasteiger partial charge is 0.411 e. The van der Waals surface area contributed by atoms with Crippen molar-refractivity contribution in [1.29, 1.82) is 0 Å². The van der Waals surface area contributed by atoms with Crippen molar-refractivity contribution in [3.8, 4) is 0 Å². The van der Waals surface area contributed by atoms with Crippen LogP contribution in [0.2, 0.25) is 0 Å². The molecule has 0 saturated carbocycles. The largest absolute Gasteiger partial charge is 0.481 e. The number of amides is 1. The number of ether oxygens (including phenoxy) is 2. The van der Waals surface area contributed by atoms with Gasteiger partial charge < -0.3 is 14.6 Å². The van der Waals surface area contributed by atoms with Crippen molar-refractivity contribution in [3.05, 3.63) is 71.8 Å². The molecule has 1 aliphatic rings. The molecule has 0 bridgehead atoms. The number of anilines is 1. The number of carboxylic acid groups (broad SMARTS) is 1. The molecule has 0 fully saturated rings. The summed E-state index contributed by atoms with van der Waals surface area (Å²) in [5.74, 6) is -3.17. The highest BCUT2D eigenvalue weighted by atomic mass is 16.6. The summed E-state index contributed by atoms with van der Waals surface area (Å²) in [5, 5.41) is 11.9. The van der Waals surface area contributed by atoms with E-state index in [9.17, 15) is 24.3 Å². The SMILES string of the molecule is CC(CCOC(=O)C1C=CCCC1C(=O)O)OC(=O)Nc1ccc(Cc2ccc(N=C=O)cc2)cc1. The third-order valence-corrected chi connectivity index (χ3v) is 5.81. The molecular weight excluding hydrogens is 464 g/mol. The van der Waals surface area contributed by atoms with Crippen molar-refractivity contribution in [2.75, 3.05) is 11.9 Å². The van der Waals surface area contributed by atoms with E-state index in [0.29, 0.717) is 30.6 Å². The average Bonchev–Trinajstić information content (AvgIpc) is 2.86. The maximum atomic E-state index is 12.3. The predicted molar refractivity (Wildman–Crippen MR) is 132 cm³/mol. The Morgan fingerprint density at radius 2 is 1.78 bits per heavy atom. The first kappa shape index (κ1) is 26.4. The zero-order chi connectivity index (χ0) is 25.9. The molecule has 3 unspecified atom stereocenters. The van der Waals surface area contributed by atoms with E-state index in [-0.39, 0.29) is 13.0 Å². The Hall–Kier alpha value is -4.23. The van der Waals surface area contributed by atoms with E-state index in [1.165, 1.54) is 6.08 Å². The minimum atomic E-state index is -1.01. The Morgan fingerprint density at radius 1 is 1.11 bits per heavy atom. The number of allylic oxidation sites excluding steroid dienone is 1.